The van der Waals surface area contributed by atoms with Crippen LogP contribution in [0.3, 0.4) is 0 Å². The molecule has 58 valence electrons. The van der Waals surface area contributed by atoms with Crippen molar-refractivity contribution in [2.45, 2.75) is 39.7 Å². The number of rotatable bonds is 0. The van der Waals surface area contributed by atoms with Crippen LogP contribution in [0.5, 0.6) is 0 Å². The second kappa shape index (κ2) is 2.75. The van der Waals surface area contributed by atoms with E-state index in [2.05, 4.69) is 20.8 Å². The lowest BCUT2D eigenvalue weighted by Gasteiger charge is -2.26. The SMILES string of the molecule is CC1=C(C)C[C@H](C)[C@H](O)C1. The van der Waals surface area contributed by atoms with Gasteiger partial charge in [-0.25, -0.2) is 0 Å². The monoisotopic (exact) mass is 140 g/mol. The highest BCUT2D eigenvalue weighted by Crippen LogP contribution is 2.28. The zero-order valence-corrected chi connectivity index (χ0v) is 7.02. The minimum atomic E-state index is -0.0938. The first-order chi connectivity index (χ1) is 4.61. The van der Waals surface area contributed by atoms with Gasteiger partial charge in [-0.05, 0) is 32.6 Å². The predicted molar refractivity (Wildman–Crippen MR) is 42.8 cm³/mol. The quantitative estimate of drug-likeness (QED) is 0.511. The summed E-state index contributed by atoms with van der Waals surface area (Å²) in [5.41, 5.74) is 2.85. The summed E-state index contributed by atoms with van der Waals surface area (Å²) < 4.78 is 0. The molecule has 0 unspecified atom stereocenters. The second-order valence-electron chi connectivity index (χ2n) is 3.51. The number of hydrogen-bond donors (Lipinski definition) is 1. The molecule has 0 bridgehead atoms. The van der Waals surface area contributed by atoms with Gasteiger partial charge in [0, 0.05) is 0 Å². The summed E-state index contributed by atoms with van der Waals surface area (Å²) in [6.07, 6.45) is 1.86. The molecule has 1 N–H and O–H groups in total. The Hall–Kier alpha value is -0.300. The van der Waals surface area contributed by atoms with E-state index in [4.69, 9.17) is 0 Å². The van der Waals surface area contributed by atoms with Gasteiger partial charge in [0.25, 0.3) is 0 Å². The Labute approximate surface area is 62.8 Å². The van der Waals surface area contributed by atoms with Gasteiger partial charge < -0.3 is 5.11 Å². The fraction of sp³-hybridized carbons (Fsp3) is 0.778. The standard InChI is InChI=1S/C9H16O/c1-6-4-8(3)9(10)5-7(6)2/h8-10H,4-5H2,1-3H3/t8-,9+/m0/s1. The molecule has 0 fully saturated rings. The third-order valence-corrected chi connectivity index (χ3v) is 2.53. The van der Waals surface area contributed by atoms with E-state index >= 15 is 0 Å². The van der Waals surface area contributed by atoms with Crippen LogP contribution in [0, 0.1) is 5.92 Å². The smallest absolute Gasteiger partial charge is 0.0605 e. The zero-order valence-electron chi connectivity index (χ0n) is 7.02. The molecule has 0 aromatic carbocycles. The molecule has 0 spiro atoms. The van der Waals surface area contributed by atoms with Crippen molar-refractivity contribution < 1.29 is 5.11 Å². The molecule has 0 aliphatic heterocycles. The minimum Gasteiger partial charge on any atom is -0.393 e. The topological polar surface area (TPSA) is 20.2 Å². The molecule has 0 amide bonds. The van der Waals surface area contributed by atoms with Gasteiger partial charge in [0.1, 0.15) is 0 Å². The summed E-state index contributed by atoms with van der Waals surface area (Å²) in [6, 6.07) is 0. The van der Waals surface area contributed by atoms with Gasteiger partial charge in [-0.3, -0.25) is 0 Å². The first-order valence-corrected chi connectivity index (χ1v) is 3.94. The van der Waals surface area contributed by atoms with Crippen LogP contribution in [-0.4, -0.2) is 11.2 Å². The van der Waals surface area contributed by atoms with Crippen molar-refractivity contribution in [2.24, 2.45) is 5.92 Å². The van der Waals surface area contributed by atoms with Gasteiger partial charge in [-0.1, -0.05) is 18.1 Å². The molecule has 1 rings (SSSR count). The van der Waals surface area contributed by atoms with E-state index < -0.39 is 0 Å². The molecular weight excluding hydrogens is 124 g/mol. The van der Waals surface area contributed by atoms with Crippen molar-refractivity contribution in [3.63, 3.8) is 0 Å². The average molecular weight is 140 g/mol. The van der Waals surface area contributed by atoms with Gasteiger partial charge in [0.05, 0.1) is 6.10 Å². The Morgan fingerprint density at radius 1 is 1.20 bits per heavy atom. The van der Waals surface area contributed by atoms with E-state index in [1.165, 1.54) is 11.1 Å². The molecule has 0 aromatic heterocycles. The predicted octanol–water partition coefficient (Wildman–Crippen LogP) is 2.11. The Kier molecular flexibility index (Phi) is 2.14. The maximum absolute atomic E-state index is 9.43. The molecule has 1 aliphatic rings. The summed E-state index contributed by atoms with van der Waals surface area (Å²) in [7, 11) is 0. The maximum Gasteiger partial charge on any atom is 0.0605 e. The summed E-state index contributed by atoms with van der Waals surface area (Å²) in [5, 5.41) is 9.43. The van der Waals surface area contributed by atoms with Gasteiger partial charge in [-0.2, -0.15) is 0 Å². The van der Waals surface area contributed by atoms with E-state index in [1.807, 2.05) is 0 Å². The Morgan fingerprint density at radius 2 is 1.70 bits per heavy atom. The Morgan fingerprint density at radius 3 is 2.20 bits per heavy atom. The van der Waals surface area contributed by atoms with Gasteiger partial charge in [0.2, 0.25) is 0 Å². The van der Waals surface area contributed by atoms with Crippen LogP contribution in [0.1, 0.15) is 33.6 Å². The molecule has 0 saturated carbocycles. The summed E-state index contributed by atoms with van der Waals surface area (Å²) in [6.45, 7) is 6.39. The highest BCUT2D eigenvalue weighted by molar-refractivity contribution is 5.15. The van der Waals surface area contributed by atoms with E-state index in [1.54, 1.807) is 0 Å². The molecule has 0 saturated heterocycles. The van der Waals surface area contributed by atoms with E-state index in [0.29, 0.717) is 5.92 Å². The first kappa shape index (κ1) is 7.80. The lowest BCUT2D eigenvalue weighted by atomic mass is 9.84. The third kappa shape index (κ3) is 1.40. The van der Waals surface area contributed by atoms with Crippen molar-refractivity contribution in [1.82, 2.24) is 0 Å². The molecule has 1 aliphatic carbocycles. The molecule has 0 heterocycles. The van der Waals surface area contributed by atoms with Crippen molar-refractivity contribution in [3.05, 3.63) is 11.1 Å². The van der Waals surface area contributed by atoms with E-state index in [9.17, 15) is 5.11 Å². The summed E-state index contributed by atoms with van der Waals surface area (Å²) in [5.74, 6) is 0.462. The number of allylic oxidation sites excluding steroid dienone is 1. The van der Waals surface area contributed by atoms with Crippen LogP contribution in [0.25, 0.3) is 0 Å². The van der Waals surface area contributed by atoms with Crippen molar-refractivity contribution in [3.8, 4) is 0 Å². The van der Waals surface area contributed by atoms with Crippen molar-refractivity contribution in [2.75, 3.05) is 0 Å². The fourth-order valence-electron chi connectivity index (χ4n) is 1.48. The minimum absolute atomic E-state index is 0.0938. The van der Waals surface area contributed by atoms with Crippen LogP contribution in [-0.2, 0) is 0 Å². The Bertz CT molecular complexity index is 140. The fourth-order valence-corrected chi connectivity index (χ4v) is 1.48. The zero-order chi connectivity index (χ0) is 7.72. The molecular formula is C9H16O. The molecule has 2 atom stereocenters. The van der Waals surface area contributed by atoms with E-state index in [-0.39, 0.29) is 6.10 Å². The van der Waals surface area contributed by atoms with Crippen molar-refractivity contribution >= 4 is 0 Å². The molecule has 0 aromatic rings. The molecule has 0 radical (unpaired) electrons. The highest BCUT2D eigenvalue weighted by Gasteiger charge is 2.20. The van der Waals surface area contributed by atoms with E-state index in [0.717, 1.165) is 12.8 Å². The van der Waals surface area contributed by atoms with Gasteiger partial charge in [-0.15, -0.1) is 0 Å². The third-order valence-electron chi connectivity index (χ3n) is 2.53. The largest absolute Gasteiger partial charge is 0.393 e. The maximum atomic E-state index is 9.43. The van der Waals surface area contributed by atoms with Crippen LogP contribution in [0.15, 0.2) is 11.1 Å². The van der Waals surface area contributed by atoms with Crippen LogP contribution < -0.4 is 0 Å². The number of aliphatic hydroxyl groups is 1. The average Bonchev–Trinajstić information content (AvgIpc) is 1.84. The lowest BCUT2D eigenvalue weighted by Crippen LogP contribution is -2.22. The lowest BCUT2D eigenvalue weighted by molar-refractivity contribution is 0.109. The van der Waals surface area contributed by atoms with Crippen molar-refractivity contribution in [1.29, 1.82) is 0 Å². The number of hydrogen-bond acceptors (Lipinski definition) is 1. The van der Waals surface area contributed by atoms with Gasteiger partial charge >= 0.3 is 0 Å². The summed E-state index contributed by atoms with van der Waals surface area (Å²) >= 11 is 0. The van der Waals surface area contributed by atoms with Gasteiger partial charge in [0.15, 0.2) is 0 Å². The molecule has 1 heteroatoms. The Balaban J connectivity index is 2.69. The molecule has 10 heavy (non-hydrogen) atoms. The van der Waals surface area contributed by atoms with Crippen LogP contribution in [0.4, 0.5) is 0 Å². The van der Waals surface area contributed by atoms with Crippen LogP contribution in [0.2, 0.25) is 0 Å². The second-order valence-corrected chi connectivity index (χ2v) is 3.51. The summed E-state index contributed by atoms with van der Waals surface area (Å²) in [4.78, 5) is 0. The van der Waals surface area contributed by atoms with Crippen LogP contribution >= 0.6 is 0 Å². The molecule has 1 nitrogen and oxygen atoms in total. The first-order valence-electron chi connectivity index (χ1n) is 3.94. The number of aliphatic hydroxyl groups excluding tert-OH is 1. The highest BCUT2D eigenvalue weighted by atomic mass is 16.3. The normalized spacial score (nSPS) is 34.8.